The summed E-state index contributed by atoms with van der Waals surface area (Å²) < 4.78 is 2.18. The first-order valence-corrected chi connectivity index (χ1v) is 14.6. The molecule has 2 unspecified atom stereocenters. The number of fused-ring (bicyclic) bond motifs is 3. The Balaban J connectivity index is 1.35. The molecule has 5 nitrogen and oxygen atoms in total. The van der Waals surface area contributed by atoms with E-state index in [4.69, 9.17) is 19.9 Å². The second-order valence-corrected chi connectivity index (χ2v) is 12.0. The number of para-hydroxylation sites is 1. The maximum atomic E-state index is 5.22. The zero-order valence-corrected chi connectivity index (χ0v) is 22.2. The molecular weight excluding hydrogens is 490 g/mol. The number of hydrogen-bond donors (Lipinski definition) is 0. The van der Waals surface area contributed by atoms with Gasteiger partial charge in [0.05, 0.1) is 5.52 Å². The van der Waals surface area contributed by atoms with Gasteiger partial charge in [0, 0.05) is 28.1 Å². The molecule has 194 valence electrons. The minimum absolute atomic E-state index is 0.616. The van der Waals surface area contributed by atoms with Crippen LogP contribution in [-0.2, 0) is 0 Å². The average Bonchev–Trinajstić information content (AvgIpc) is 3.25. The van der Waals surface area contributed by atoms with E-state index in [1.165, 1.54) is 48.4 Å². The monoisotopic (exact) mass is 519 g/mol. The molecule has 4 aliphatic carbocycles. The maximum absolute atomic E-state index is 5.22. The fourth-order valence-electron chi connectivity index (χ4n) is 8.16. The van der Waals surface area contributed by atoms with Crippen LogP contribution in [0.4, 0.5) is 0 Å². The summed E-state index contributed by atoms with van der Waals surface area (Å²) >= 11 is 0. The molecule has 0 saturated heterocycles. The Bertz CT molecular complexity index is 1840. The van der Waals surface area contributed by atoms with Crippen LogP contribution in [0.2, 0.25) is 0 Å². The Morgan fingerprint density at radius 3 is 1.88 bits per heavy atom. The molecule has 2 atom stereocenters. The zero-order chi connectivity index (χ0) is 26.2. The van der Waals surface area contributed by atoms with Crippen LogP contribution in [-0.4, -0.2) is 24.5 Å². The van der Waals surface area contributed by atoms with Crippen LogP contribution in [0.3, 0.4) is 0 Å². The van der Waals surface area contributed by atoms with Crippen LogP contribution in [0.25, 0.3) is 50.7 Å². The lowest BCUT2D eigenvalue weighted by Gasteiger charge is -2.38. The van der Waals surface area contributed by atoms with Crippen molar-refractivity contribution in [1.82, 2.24) is 24.5 Å². The normalized spacial score (nSPS) is 23.0. The quantitative estimate of drug-likeness (QED) is 0.237. The lowest BCUT2D eigenvalue weighted by atomic mass is 9.67. The van der Waals surface area contributed by atoms with Crippen LogP contribution in [0.15, 0.2) is 91.1 Å². The SMILES string of the molecule is c1ccc(-c2nc(-c3ccccc3)nc(-n3c4ccccc4c4c5c(cnc43)C3CC4CC(C3)CC5C4)n2)cc1. The van der Waals surface area contributed by atoms with Gasteiger partial charge in [0.25, 0.3) is 0 Å². The van der Waals surface area contributed by atoms with Crippen molar-refractivity contribution >= 4 is 21.9 Å². The van der Waals surface area contributed by atoms with Crippen molar-refractivity contribution in [2.75, 3.05) is 0 Å². The van der Waals surface area contributed by atoms with Gasteiger partial charge in [-0.05, 0) is 73.0 Å². The van der Waals surface area contributed by atoms with Crippen molar-refractivity contribution < 1.29 is 0 Å². The molecule has 4 bridgehead atoms. The van der Waals surface area contributed by atoms with Crippen LogP contribution in [0, 0.1) is 11.8 Å². The van der Waals surface area contributed by atoms with Gasteiger partial charge >= 0.3 is 0 Å². The third-order valence-electron chi connectivity index (χ3n) is 9.63. The number of aromatic nitrogens is 5. The third-order valence-corrected chi connectivity index (χ3v) is 9.63. The van der Waals surface area contributed by atoms with Gasteiger partial charge in [0.1, 0.15) is 5.65 Å². The minimum atomic E-state index is 0.616. The van der Waals surface area contributed by atoms with Crippen LogP contribution < -0.4 is 0 Å². The van der Waals surface area contributed by atoms with Gasteiger partial charge < -0.3 is 0 Å². The predicted molar refractivity (Wildman–Crippen MR) is 158 cm³/mol. The molecule has 3 heterocycles. The first-order valence-electron chi connectivity index (χ1n) is 14.6. The van der Waals surface area contributed by atoms with Crippen molar-refractivity contribution in [3.05, 3.63) is 102 Å². The van der Waals surface area contributed by atoms with Gasteiger partial charge in [0.15, 0.2) is 11.6 Å². The van der Waals surface area contributed by atoms with E-state index >= 15 is 0 Å². The van der Waals surface area contributed by atoms with Crippen molar-refractivity contribution in [2.45, 2.75) is 43.9 Å². The van der Waals surface area contributed by atoms with Gasteiger partial charge in [-0.2, -0.15) is 9.97 Å². The molecule has 2 saturated carbocycles. The lowest BCUT2D eigenvalue weighted by molar-refractivity contribution is 0.166. The number of nitrogens with zero attached hydrogens (tertiary/aromatic N) is 5. The summed E-state index contributed by atoms with van der Waals surface area (Å²) in [6.45, 7) is 0. The van der Waals surface area contributed by atoms with E-state index in [2.05, 4.69) is 59.3 Å². The summed E-state index contributed by atoms with van der Waals surface area (Å²) in [5.41, 5.74) is 7.08. The van der Waals surface area contributed by atoms with Gasteiger partial charge in [0.2, 0.25) is 5.95 Å². The summed E-state index contributed by atoms with van der Waals surface area (Å²) in [5, 5.41) is 2.57. The Hall–Kier alpha value is -4.38. The highest BCUT2D eigenvalue weighted by Crippen LogP contribution is 2.57. The molecule has 0 aliphatic heterocycles. The van der Waals surface area contributed by atoms with E-state index < -0.39 is 0 Å². The van der Waals surface area contributed by atoms with Gasteiger partial charge in [-0.15, -0.1) is 0 Å². The maximum Gasteiger partial charge on any atom is 0.240 e. The molecular formula is C35H29N5. The Morgan fingerprint density at radius 2 is 1.20 bits per heavy atom. The van der Waals surface area contributed by atoms with Crippen LogP contribution in [0.1, 0.15) is 55.1 Å². The van der Waals surface area contributed by atoms with E-state index in [0.29, 0.717) is 29.4 Å². The van der Waals surface area contributed by atoms with Crippen molar-refractivity contribution in [2.24, 2.45) is 11.8 Å². The van der Waals surface area contributed by atoms with E-state index in [9.17, 15) is 0 Å². The second kappa shape index (κ2) is 8.56. The fourth-order valence-corrected chi connectivity index (χ4v) is 8.16. The summed E-state index contributed by atoms with van der Waals surface area (Å²) in [6.07, 6.45) is 8.94. The highest BCUT2D eigenvalue weighted by Gasteiger charge is 2.43. The van der Waals surface area contributed by atoms with Crippen molar-refractivity contribution in [3.8, 4) is 28.7 Å². The van der Waals surface area contributed by atoms with Crippen LogP contribution >= 0.6 is 0 Å². The summed E-state index contributed by atoms with van der Waals surface area (Å²) in [7, 11) is 0. The summed E-state index contributed by atoms with van der Waals surface area (Å²) in [6, 6.07) is 29.1. The lowest BCUT2D eigenvalue weighted by Crippen LogP contribution is -2.25. The van der Waals surface area contributed by atoms with E-state index in [-0.39, 0.29) is 0 Å². The van der Waals surface area contributed by atoms with Crippen molar-refractivity contribution in [3.63, 3.8) is 0 Å². The highest BCUT2D eigenvalue weighted by atomic mass is 15.2. The number of benzene rings is 3. The molecule has 5 heteroatoms. The largest absolute Gasteiger partial charge is 0.262 e. The summed E-state index contributed by atoms with van der Waals surface area (Å²) in [4.78, 5) is 20.3. The zero-order valence-electron chi connectivity index (χ0n) is 22.2. The first kappa shape index (κ1) is 22.4. The first-order chi connectivity index (χ1) is 19.8. The highest BCUT2D eigenvalue weighted by molar-refractivity contribution is 6.10. The molecule has 40 heavy (non-hydrogen) atoms. The number of pyridine rings is 1. The smallest absolute Gasteiger partial charge is 0.240 e. The Labute approximate surface area is 233 Å². The molecule has 0 radical (unpaired) electrons. The minimum Gasteiger partial charge on any atom is -0.262 e. The Kier molecular flexibility index (Phi) is 4.80. The Morgan fingerprint density at radius 1 is 0.600 bits per heavy atom. The topological polar surface area (TPSA) is 56.5 Å². The molecule has 10 rings (SSSR count). The van der Waals surface area contributed by atoms with Crippen LogP contribution in [0.5, 0.6) is 0 Å². The molecule has 0 spiro atoms. The van der Waals surface area contributed by atoms with Crippen molar-refractivity contribution in [1.29, 1.82) is 0 Å². The molecule has 3 aromatic heterocycles. The average molecular weight is 520 g/mol. The number of rotatable bonds is 3. The van der Waals surface area contributed by atoms with Gasteiger partial charge in [-0.25, -0.2) is 9.97 Å². The fraction of sp³-hybridized carbons (Fsp3) is 0.257. The third kappa shape index (κ3) is 3.33. The molecule has 2 fully saturated rings. The van der Waals surface area contributed by atoms with E-state index in [0.717, 1.165) is 34.1 Å². The van der Waals surface area contributed by atoms with E-state index in [1.807, 2.05) is 36.4 Å². The van der Waals surface area contributed by atoms with E-state index in [1.54, 1.807) is 5.56 Å². The predicted octanol–water partition coefficient (Wildman–Crippen LogP) is 8.09. The van der Waals surface area contributed by atoms with Gasteiger partial charge in [-0.3, -0.25) is 4.57 Å². The molecule has 6 aromatic rings. The molecule has 0 amide bonds. The molecule has 4 aliphatic rings. The van der Waals surface area contributed by atoms with Gasteiger partial charge in [-0.1, -0.05) is 78.9 Å². The molecule has 0 N–H and O–H groups in total. The second-order valence-electron chi connectivity index (χ2n) is 12.0. The summed E-state index contributed by atoms with van der Waals surface area (Å²) in [5.74, 6) is 4.95. The standard InChI is InChI=1S/C35H29N5/c1-3-9-23(10-4-1)32-37-33(24-11-5-2-6-12-24)39-35(38-32)40-29-14-8-7-13-27(29)31-30-26-18-21-15-22(19-26)17-25(16-21)28(30)20-36-34(31)40/h1-14,20-22,25-26H,15-19H2. The number of hydrogen-bond acceptors (Lipinski definition) is 4. The molecule has 3 aromatic carbocycles.